The van der Waals surface area contributed by atoms with Gasteiger partial charge in [0.15, 0.2) is 0 Å². The summed E-state index contributed by atoms with van der Waals surface area (Å²) in [5.74, 6) is 0. The molecular weight excluding hydrogens is 198 g/mol. The molecule has 3 rings (SSSR count). The highest BCUT2D eigenvalue weighted by Crippen LogP contribution is 2.41. The first kappa shape index (κ1) is 10.2. The molecule has 86 valence electrons. The lowest BCUT2D eigenvalue weighted by Gasteiger charge is -2.16. The molecule has 0 unspecified atom stereocenters. The van der Waals surface area contributed by atoms with Crippen molar-refractivity contribution < 1.29 is 0 Å². The largest absolute Gasteiger partial charge is 0.320 e. The van der Waals surface area contributed by atoms with Gasteiger partial charge >= 0.3 is 0 Å². The van der Waals surface area contributed by atoms with Crippen LogP contribution in [0.15, 0.2) is 18.3 Å². The molecule has 16 heavy (non-hydrogen) atoms. The summed E-state index contributed by atoms with van der Waals surface area (Å²) >= 11 is 0. The van der Waals surface area contributed by atoms with Crippen molar-refractivity contribution in [2.45, 2.75) is 37.8 Å². The molecule has 1 aromatic rings. The maximum atomic E-state index is 6.17. The third-order valence-corrected chi connectivity index (χ3v) is 3.73. The van der Waals surface area contributed by atoms with Crippen molar-refractivity contribution in [3.05, 3.63) is 29.6 Å². The van der Waals surface area contributed by atoms with Crippen LogP contribution in [0.5, 0.6) is 0 Å². The van der Waals surface area contributed by atoms with Crippen molar-refractivity contribution in [3.8, 4) is 0 Å². The van der Waals surface area contributed by atoms with Crippen LogP contribution >= 0.6 is 0 Å². The highest BCUT2D eigenvalue weighted by atomic mass is 15.1. The molecule has 3 heteroatoms. The number of rotatable bonds is 3. The molecule has 0 spiro atoms. The van der Waals surface area contributed by atoms with Crippen molar-refractivity contribution in [2.24, 2.45) is 5.73 Å². The molecule has 1 aliphatic carbocycles. The quantitative estimate of drug-likeness (QED) is 0.836. The first-order valence-corrected chi connectivity index (χ1v) is 6.23. The van der Waals surface area contributed by atoms with E-state index in [2.05, 4.69) is 22.0 Å². The molecule has 2 fully saturated rings. The molecule has 2 N–H and O–H groups in total. The van der Waals surface area contributed by atoms with Crippen LogP contribution in [0.3, 0.4) is 0 Å². The van der Waals surface area contributed by atoms with Gasteiger partial charge in [0.05, 0.1) is 11.2 Å². The molecule has 0 aromatic carbocycles. The lowest BCUT2D eigenvalue weighted by atomic mass is 10.1. The molecule has 1 aromatic heterocycles. The second-order valence-corrected chi connectivity index (χ2v) is 5.19. The fourth-order valence-corrected chi connectivity index (χ4v) is 2.43. The molecule has 3 nitrogen and oxygen atoms in total. The van der Waals surface area contributed by atoms with Gasteiger partial charge < -0.3 is 5.73 Å². The zero-order chi connectivity index (χ0) is 11.0. The van der Waals surface area contributed by atoms with Gasteiger partial charge in [-0.3, -0.25) is 9.88 Å². The number of pyridine rings is 1. The standard InChI is InChI=1S/C13H19N3/c14-13(4-5-13)12-9-11(3-6-15-12)10-16-7-1-2-8-16/h3,6,9H,1-2,4-5,7-8,10,14H2. The highest BCUT2D eigenvalue weighted by Gasteiger charge is 2.41. The van der Waals surface area contributed by atoms with E-state index in [9.17, 15) is 0 Å². The molecule has 0 atom stereocenters. The Labute approximate surface area is 96.7 Å². The van der Waals surface area contributed by atoms with Crippen LogP contribution in [-0.2, 0) is 12.1 Å². The van der Waals surface area contributed by atoms with E-state index in [1.165, 1.54) is 31.5 Å². The van der Waals surface area contributed by atoms with E-state index in [0.29, 0.717) is 0 Å². The van der Waals surface area contributed by atoms with Gasteiger partial charge in [-0.1, -0.05) is 0 Å². The Morgan fingerprint density at radius 2 is 2.06 bits per heavy atom. The van der Waals surface area contributed by atoms with Crippen molar-refractivity contribution in [1.29, 1.82) is 0 Å². The average molecular weight is 217 g/mol. The normalized spacial score (nSPS) is 23.6. The van der Waals surface area contributed by atoms with Gasteiger partial charge in [-0.2, -0.15) is 0 Å². The van der Waals surface area contributed by atoms with Crippen molar-refractivity contribution >= 4 is 0 Å². The predicted octanol–water partition coefficient (Wildman–Crippen LogP) is 1.63. The molecule has 0 radical (unpaired) electrons. The van der Waals surface area contributed by atoms with E-state index in [4.69, 9.17) is 5.73 Å². The van der Waals surface area contributed by atoms with Crippen molar-refractivity contribution in [3.63, 3.8) is 0 Å². The van der Waals surface area contributed by atoms with Crippen LogP contribution in [-0.4, -0.2) is 23.0 Å². The molecule has 0 bridgehead atoms. The van der Waals surface area contributed by atoms with Gasteiger partial charge in [0.2, 0.25) is 0 Å². The van der Waals surface area contributed by atoms with Crippen molar-refractivity contribution in [1.82, 2.24) is 9.88 Å². The number of likely N-dealkylation sites (tertiary alicyclic amines) is 1. The second-order valence-electron chi connectivity index (χ2n) is 5.19. The van der Waals surface area contributed by atoms with Crippen LogP contribution in [0, 0.1) is 0 Å². The van der Waals surface area contributed by atoms with Gasteiger partial charge in [-0.15, -0.1) is 0 Å². The third-order valence-electron chi connectivity index (χ3n) is 3.73. The summed E-state index contributed by atoms with van der Waals surface area (Å²) in [4.78, 5) is 6.91. The molecule has 1 saturated carbocycles. The Morgan fingerprint density at radius 3 is 2.75 bits per heavy atom. The Bertz CT molecular complexity index is 379. The van der Waals surface area contributed by atoms with Crippen LogP contribution in [0.25, 0.3) is 0 Å². The van der Waals surface area contributed by atoms with Gasteiger partial charge in [-0.05, 0) is 56.5 Å². The summed E-state index contributed by atoms with van der Waals surface area (Å²) in [6.07, 6.45) is 6.78. The Hall–Kier alpha value is -0.930. The van der Waals surface area contributed by atoms with E-state index >= 15 is 0 Å². The van der Waals surface area contributed by atoms with Gasteiger partial charge in [0, 0.05) is 12.7 Å². The molecular formula is C13H19N3. The Morgan fingerprint density at radius 1 is 1.31 bits per heavy atom. The first-order valence-electron chi connectivity index (χ1n) is 6.23. The number of hydrogen-bond donors (Lipinski definition) is 1. The van der Waals surface area contributed by atoms with Crippen LogP contribution in [0.2, 0.25) is 0 Å². The first-order chi connectivity index (χ1) is 7.76. The molecule has 2 aliphatic rings. The van der Waals surface area contributed by atoms with Crippen LogP contribution in [0.1, 0.15) is 36.9 Å². The van der Waals surface area contributed by atoms with Crippen LogP contribution in [0.4, 0.5) is 0 Å². The maximum Gasteiger partial charge on any atom is 0.0605 e. The van der Waals surface area contributed by atoms with Crippen molar-refractivity contribution in [2.75, 3.05) is 13.1 Å². The lowest BCUT2D eigenvalue weighted by Crippen LogP contribution is -2.22. The summed E-state index contributed by atoms with van der Waals surface area (Å²) in [5, 5.41) is 0. The lowest BCUT2D eigenvalue weighted by molar-refractivity contribution is 0.331. The summed E-state index contributed by atoms with van der Waals surface area (Å²) in [6.45, 7) is 3.54. The Kier molecular flexibility index (Phi) is 2.45. The highest BCUT2D eigenvalue weighted by molar-refractivity contribution is 5.26. The van der Waals surface area contributed by atoms with Gasteiger partial charge in [0.25, 0.3) is 0 Å². The summed E-state index contributed by atoms with van der Waals surface area (Å²) in [6, 6.07) is 4.32. The summed E-state index contributed by atoms with van der Waals surface area (Å²) in [7, 11) is 0. The Balaban J connectivity index is 1.74. The SMILES string of the molecule is NC1(c2cc(CN3CCCC3)ccn2)CC1. The second kappa shape index (κ2) is 3.82. The number of nitrogens with zero attached hydrogens (tertiary/aromatic N) is 2. The van der Waals surface area contributed by atoms with E-state index in [0.717, 1.165) is 25.1 Å². The summed E-state index contributed by atoms with van der Waals surface area (Å²) < 4.78 is 0. The minimum Gasteiger partial charge on any atom is -0.320 e. The topological polar surface area (TPSA) is 42.1 Å². The smallest absolute Gasteiger partial charge is 0.0605 e. The minimum absolute atomic E-state index is 0.0962. The number of aromatic nitrogens is 1. The minimum atomic E-state index is -0.0962. The van der Waals surface area contributed by atoms with Gasteiger partial charge in [-0.25, -0.2) is 0 Å². The number of nitrogens with two attached hydrogens (primary N) is 1. The molecule has 0 amide bonds. The molecule has 1 saturated heterocycles. The fraction of sp³-hybridized carbons (Fsp3) is 0.615. The fourth-order valence-electron chi connectivity index (χ4n) is 2.43. The van der Waals surface area contributed by atoms with E-state index in [1.54, 1.807) is 0 Å². The van der Waals surface area contributed by atoms with Crippen LogP contribution < -0.4 is 5.73 Å². The van der Waals surface area contributed by atoms with Gasteiger partial charge in [0.1, 0.15) is 0 Å². The van der Waals surface area contributed by atoms with E-state index < -0.39 is 0 Å². The number of hydrogen-bond acceptors (Lipinski definition) is 3. The third kappa shape index (κ3) is 1.97. The zero-order valence-electron chi connectivity index (χ0n) is 9.65. The predicted molar refractivity (Wildman–Crippen MR) is 63.8 cm³/mol. The van der Waals surface area contributed by atoms with E-state index in [1.807, 2.05) is 6.20 Å². The maximum absolute atomic E-state index is 6.17. The summed E-state index contributed by atoms with van der Waals surface area (Å²) in [5.41, 5.74) is 8.52. The average Bonchev–Trinajstić information content (AvgIpc) is 2.85. The molecule has 2 heterocycles. The monoisotopic (exact) mass is 217 g/mol. The zero-order valence-corrected chi connectivity index (χ0v) is 9.65. The molecule has 1 aliphatic heterocycles. The van der Waals surface area contributed by atoms with E-state index in [-0.39, 0.29) is 5.54 Å².